The molecule has 0 aliphatic heterocycles. The maximum Gasteiger partial charge on any atom is 0.239 e. The van der Waals surface area contributed by atoms with E-state index in [9.17, 15) is 13.2 Å². The van der Waals surface area contributed by atoms with E-state index >= 15 is 0 Å². The van der Waals surface area contributed by atoms with E-state index in [0.717, 1.165) is 10.6 Å². The van der Waals surface area contributed by atoms with Gasteiger partial charge in [-0.25, -0.2) is 8.42 Å². The van der Waals surface area contributed by atoms with Crippen LogP contribution in [0.1, 0.15) is 25.8 Å². The molecule has 0 fully saturated rings. The Morgan fingerprint density at radius 3 is 2.67 bits per heavy atom. The topological polar surface area (TPSA) is 90.3 Å². The molecule has 0 saturated heterocycles. The van der Waals surface area contributed by atoms with Gasteiger partial charge in [0.15, 0.2) is 0 Å². The number of rotatable bonds is 6. The van der Waals surface area contributed by atoms with Crippen molar-refractivity contribution in [1.29, 1.82) is 5.26 Å². The maximum atomic E-state index is 12.0. The van der Waals surface area contributed by atoms with Gasteiger partial charge in [0, 0.05) is 11.7 Å². The molecule has 1 aromatic carbocycles. The van der Waals surface area contributed by atoms with Crippen molar-refractivity contribution < 1.29 is 13.2 Å². The molecule has 114 valence electrons. The molecule has 0 radical (unpaired) electrons. The molecule has 0 heterocycles. The second kappa shape index (κ2) is 7.20. The summed E-state index contributed by atoms with van der Waals surface area (Å²) in [5.41, 5.74) is 0.895. The SMILES string of the molecule is CCC(C)N(CC(=O)Nc1cccc(C#N)c1)S(C)(=O)=O. The Bertz CT molecular complexity index is 650. The lowest BCUT2D eigenvalue weighted by molar-refractivity contribution is -0.116. The van der Waals surface area contributed by atoms with E-state index in [1.54, 1.807) is 25.1 Å². The number of sulfonamides is 1. The molecule has 1 amide bonds. The minimum absolute atomic E-state index is 0.245. The molecule has 1 atom stereocenters. The van der Waals surface area contributed by atoms with Crippen molar-refractivity contribution in [3.8, 4) is 6.07 Å². The molecule has 0 aliphatic rings. The fourth-order valence-corrected chi connectivity index (χ4v) is 2.97. The predicted octanol–water partition coefficient (Wildman–Crippen LogP) is 1.56. The minimum Gasteiger partial charge on any atom is -0.325 e. The van der Waals surface area contributed by atoms with Crippen LogP contribution in [0.15, 0.2) is 24.3 Å². The number of carbonyl (C=O) groups is 1. The van der Waals surface area contributed by atoms with Crippen molar-refractivity contribution in [3.63, 3.8) is 0 Å². The zero-order valence-electron chi connectivity index (χ0n) is 12.3. The lowest BCUT2D eigenvalue weighted by atomic mass is 10.2. The van der Waals surface area contributed by atoms with Crippen molar-refractivity contribution in [2.24, 2.45) is 0 Å². The quantitative estimate of drug-likeness (QED) is 0.863. The molecule has 0 spiro atoms. The number of nitrogens with zero attached hydrogens (tertiary/aromatic N) is 2. The van der Waals surface area contributed by atoms with Crippen LogP contribution >= 0.6 is 0 Å². The average Bonchev–Trinajstić information content (AvgIpc) is 2.43. The minimum atomic E-state index is -3.46. The number of benzene rings is 1. The number of hydrogen-bond donors (Lipinski definition) is 1. The summed E-state index contributed by atoms with van der Waals surface area (Å²) in [6.45, 7) is 3.37. The van der Waals surface area contributed by atoms with E-state index in [1.807, 2.05) is 13.0 Å². The summed E-state index contributed by atoms with van der Waals surface area (Å²) >= 11 is 0. The average molecular weight is 309 g/mol. The van der Waals surface area contributed by atoms with Gasteiger partial charge in [0.05, 0.1) is 24.4 Å². The highest BCUT2D eigenvalue weighted by Crippen LogP contribution is 2.12. The normalized spacial score (nSPS) is 12.7. The third-order valence-corrected chi connectivity index (χ3v) is 4.42. The van der Waals surface area contributed by atoms with E-state index in [4.69, 9.17) is 5.26 Å². The Morgan fingerprint density at radius 2 is 2.14 bits per heavy atom. The first-order valence-electron chi connectivity index (χ1n) is 6.54. The number of amides is 1. The monoisotopic (exact) mass is 309 g/mol. The molecule has 6 nitrogen and oxygen atoms in total. The van der Waals surface area contributed by atoms with Crippen LogP contribution in [0.3, 0.4) is 0 Å². The van der Waals surface area contributed by atoms with E-state index < -0.39 is 15.9 Å². The zero-order valence-corrected chi connectivity index (χ0v) is 13.1. The Balaban J connectivity index is 2.81. The molecule has 1 aromatic rings. The first kappa shape index (κ1) is 17.1. The van der Waals surface area contributed by atoms with Crippen LogP contribution in [-0.4, -0.2) is 37.5 Å². The molecule has 0 saturated carbocycles. The van der Waals surface area contributed by atoms with Gasteiger partial charge in [0.2, 0.25) is 15.9 Å². The Hall–Kier alpha value is -1.91. The Kier molecular flexibility index (Phi) is 5.88. The van der Waals surface area contributed by atoms with Crippen LogP contribution in [0.5, 0.6) is 0 Å². The van der Waals surface area contributed by atoms with Gasteiger partial charge < -0.3 is 5.32 Å². The van der Waals surface area contributed by atoms with Crippen LogP contribution in [0, 0.1) is 11.3 Å². The van der Waals surface area contributed by atoms with Gasteiger partial charge in [-0.3, -0.25) is 4.79 Å². The molecule has 0 bridgehead atoms. The van der Waals surface area contributed by atoms with E-state index in [2.05, 4.69) is 5.32 Å². The van der Waals surface area contributed by atoms with Gasteiger partial charge in [0.25, 0.3) is 0 Å². The Morgan fingerprint density at radius 1 is 1.48 bits per heavy atom. The van der Waals surface area contributed by atoms with Gasteiger partial charge in [0.1, 0.15) is 0 Å². The van der Waals surface area contributed by atoms with Crippen molar-refractivity contribution in [2.45, 2.75) is 26.3 Å². The number of anilines is 1. The smallest absolute Gasteiger partial charge is 0.239 e. The van der Waals surface area contributed by atoms with Gasteiger partial charge in [-0.2, -0.15) is 9.57 Å². The fraction of sp³-hybridized carbons (Fsp3) is 0.429. The highest BCUT2D eigenvalue weighted by molar-refractivity contribution is 7.88. The highest BCUT2D eigenvalue weighted by Gasteiger charge is 2.24. The van der Waals surface area contributed by atoms with Gasteiger partial charge in [-0.15, -0.1) is 0 Å². The van der Waals surface area contributed by atoms with Crippen LogP contribution in [0.4, 0.5) is 5.69 Å². The lowest BCUT2D eigenvalue weighted by Crippen LogP contribution is -2.42. The lowest BCUT2D eigenvalue weighted by Gasteiger charge is -2.25. The molecule has 7 heteroatoms. The summed E-state index contributed by atoms with van der Waals surface area (Å²) in [7, 11) is -3.46. The van der Waals surface area contributed by atoms with E-state index in [1.165, 1.54) is 6.07 Å². The molecule has 1 unspecified atom stereocenters. The maximum absolute atomic E-state index is 12.0. The summed E-state index contributed by atoms with van der Waals surface area (Å²) in [5, 5.41) is 11.4. The van der Waals surface area contributed by atoms with Crippen molar-refractivity contribution in [2.75, 3.05) is 18.1 Å². The van der Waals surface area contributed by atoms with Crippen LogP contribution in [0.25, 0.3) is 0 Å². The van der Waals surface area contributed by atoms with E-state index in [0.29, 0.717) is 17.7 Å². The van der Waals surface area contributed by atoms with Gasteiger partial charge in [-0.05, 0) is 31.5 Å². The van der Waals surface area contributed by atoms with Crippen LogP contribution in [-0.2, 0) is 14.8 Å². The van der Waals surface area contributed by atoms with Crippen molar-refractivity contribution in [1.82, 2.24) is 4.31 Å². The van der Waals surface area contributed by atoms with Gasteiger partial charge >= 0.3 is 0 Å². The van der Waals surface area contributed by atoms with E-state index in [-0.39, 0.29) is 12.6 Å². The number of nitriles is 1. The summed E-state index contributed by atoms with van der Waals surface area (Å²) < 4.78 is 24.6. The summed E-state index contributed by atoms with van der Waals surface area (Å²) in [4.78, 5) is 12.0. The van der Waals surface area contributed by atoms with Crippen LogP contribution in [0.2, 0.25) is 0 Å². The highest BCUT2D eigenvalue weighted by atomic mass is 32.2. The van der Waals surface area contributed by atoms with Crippen LogP contribution < -0.4 is 5.32 Å². The van der Waals surface area contributed by atoms with Crippen molar-refractivity contribution in [3.05, 3.63) is 29.8 Å². The molecule has 21 heavy (non-hydrogen) atoms. The first-order valence-corrected chi connectivity index (χ1v) is 8.39. The molecule has 1 N–H and O–H groups in total. The molecular weight excluding hydrogens is 290 g/mol. The number of carbonyl (C=O) groups excluding carboxylic acids is 1. The summed E-state index contributed by atoms with van der Waals surface area (Å²) in [6.07, 6.45) is 1.70. The molecule has 0 aliphatic carbocycles. The third-order valence-electron chi connectivity index (χ3n) is 3.08. The second-order valence-corrected chi connectivity index (χ2v) is 6.74. The fourth-order valence-electron chi connectivity index (χ4n) is 1.81. The standard InChI is InChI=1S/C14H19N3O3S/c1-4-11(2)17(21(3,19)20)10-14(18)16-13-7-5-6-12(8-13)9-15/h5-8,11H,4,10H2,1-3H3,(H,16,18). The largest absolute Gasteiger partial charge is 0.325 e. The van der Waals surface area contributed by atoms with Gasteiger partial charge in [-0.1, -0.05) is 13.0 Å². The number of hydrogen-bond acceptors (Lipinski definition) is 4. The summed E-state index contributed by atoms with van der Waals surface area (Å²) in [5.74, 6) is -0.434. The molecular formula is C14H19N3O3S. The summed E-state index contributed by atoms with van der Waals surface area (Å²) in [6, 6.07) is 8.17. The van der Waals surface area contributed by atoms with Crippen molar-refractivity contribution >= 4 is 21.6 Å². The molecule has 0 aromatic heterocycles. The second-order valence-electron chi connectivity index (χ2n) is 4.81. The number of nitrogens with one attached hydrogen (secondary N) is 1. The Labute approximate surface area is 125 Å². The predicted molar refractivity (Wildman–Crippen MR) is 81.1 cm³/mol. The zero-order chi connectivity index (χ0) is 16.0. The third kappa shape index (κ3) is 5.17. The molecule has 1 rings (SSSR count). The first-order chi connectivity index (χ1) is 9.77.